The van der Waals surface area contributed by atoms with Crippen molar-refractivity contribution in [1.82, 2.24) is 85.5 Å². The minimum absolute atomic E-state index is 0.0765. The molecule has 29 heteroatoms. The van der Waals surface area contributed by atoms with Crippen LogP contribution in [0.25, 0.3) is 50.6 Å². The van der Waals surface area contributed by atoms with Crippen molar-refractivity contribution in [3.05, 3.63) is 96.7 Å². The summed E-state index contributed by atoms with van der Waals surface area (Å²) in [7, 11) is 4.88. The molecule has 442 valence electrons. The van der Waals surface area contributed by atoms with E-state index in [9.17, 15) is 9.59 Å². The number of hydrogen-bond donors (Lipinski definition) is 6. The Balaban J connectivity index is 0.000000140. The second kappa shape index (κ2) is 26.0. The van der Waals surface area contributed by atoms with Crippen molar-refractivity contribution in [2.45, 2.75) is 128 Å². The summed E-state index contributed by atoms with van der Waals surface area (Å²) in [6.07, 6.45) is 9.28. The fourth-order valence-electron chi connectivity index (χ4n) is 8.72. The zero-order valence-corrected chi connectivity index (χ0v) is 48.7. The first-order valence-corrected chi connectivity index (χ1v) is 27.4. The van der Waals surface area contributed by atoms with E-state index in [1.54, 1.807) is 47.8 Å². The van der Waals surface area contributed by atoms with Gasteiger partial charge in [0.05, 0.1) is 57.0 Å². The number of alkyl carbamates (subject to hydrolysis) is 2. The summed E-state index contributed by atoms with van der Waals surface area (Å²) in [5.74, 6) is 3.40. The molecule has 84 heavy (non-hydrogen) atoms. The zero-order valence-electron chi connectivity index (χ0n) is 48.0. The predicted molar refractivity (Wildman–Crippen MR) is 313 cm³/mol. The molecule has 0 unspecified atom stereocenters. The van der Waals surface area contributed by atoms with Crippen molar-refractivity contribution in [3.63, 3.8) is 0 Å². The van der Waals surface area contributed by atoms with Crippen LogP contribution >= 0.6 is 11.6 Å². The van der Waals surface area contributed by atoms with E-state index in [-0.39, 0.29) is 41.6 Å². The second-order valence-corrected chi connectivity index (χ2v) is 22.4. The number of amides is 2. The summed E-state index contributed by atoms with van der Waals surface area (Å²) in [5.41, 5.74) is 16.7. The molecule has 2 amide bonds. The molecular formula is C55H68ClN21O7. The number of rotatable bonds is 12. The highest BCUT2D eigenvalue weighted by Gasteiger charge is 2.33. The minimum Gasteiger partial charge on any atom is -0.497 e. The van der Waals surface area contributed by atoms with Gasteiger partial charge in [0.25, 0.3) is 0 Å². The number of nitrogens with two attached hydrogens (primary N) is 2. The molecule has 0 spiro atoms. The van der Waals surface area contributed by atoms with Gasteiger partial charge in [-0.3, -0.25) is 0 Å². The molecule has 0 radical (unpaired) electrons. The Morgan fingerprint density at radius 3 is 1.15 bits per heavy atom. The van der Waals surface area contributed by atoms with Crippen LogP contribution in [0.15, 0.2) is 91.4 Å². The topological polar surface area (TPSA) is 350 Å². The molecule has 3 fully saturated rings. The van der Waals surface area contributed by atoms with Gasteiger partial charge in [-0.1, -0.05) is 15.6 Å². The molecule has 8 N–H and O–H groups in total. The van der Waals surface area contributed by atoms with Crippen LogP contribution in [0.4, 0.5) is 21.5 Å². The highest BCUT2D eigenvalue weighted by atomic mass is 35.5. The number of nitrogens with one attached hydrogen (secondary N) is 4. The van der Waals surface area contributed by atoms with Crippen molar-refractivity contribution < 1.29 is 33.3 Å². The molecule has 0 atom stereocenters. The predicted octanol–water partition coefficient (Wildman–Crippen LogP) is 6.68. The number of carbonyl (C=O) groups is 2. The molecule has 6 aromatic heterocycles. The molecule has 9 aromatic rings. The summed E-state index contributed by atoms with van der Waals surface area (Å²) in [6.45, 7) is 11.1. The van der Waals surface area contributed by atoms with Gasteiger partial charge in [-0.05, 0) is 164 Å². The fourth-order valence-corrected chi connectivity index (χ4v) is 8.85. The third-order valence-electron chi connectivity index (χ3n) is 13.1. The van der Waals surface area contributed by atoms with Crippen LogP contribution in [0, 0.1) is 0 Å². The first kappa shape index (κ1) is 59.5. The average molecular weight is 1170 g/mol. The highest BCUT2D eigenvalue weighted by molar-refractivity contribution is 6.28. The molecule has 3 aliphatic rings. The Kier molecular flexibility index (Phi) is 18.4. The quantitative estimate of drug-likeness (QED) is 0.0694. The van der Waals surface area contributed by atoms with Gasteiger partial charge >= 0.3 is 12.2 Å². The number of hydrogen-bond acceptors (Lipinski definition) is 23. The Bertz CT molecular complexity index is 3650. The second-order valence-electron chi connectivity index (χ2n) is 22.1. The van der Waals surface area contributed by atoms with Gasteiger partial charge < -0.3 is 56.4 Å². The van der Waals surface area contributed by atoms with Crippen LogP contribution in [0.3, 0.4) is 0 Å². The van der Waals surface area contributed by atoms with Crippen LogP contribution in [0.2, 0.25) is 5.28 Å². The number of benzene rings is 3. The lowest BCUT2D eigenvalue weighted by molar-refractivity contribution is 0.0461. The maximum atomic E-state index is 11.9. The first-order chi connectivity index (χ1) is 40.2. The Hall–Kier alpha value is -9.15. The van der Waals surface area contributed by atoms with E-state index in [0.29, 0.717) is 51.4 Å². The number of ether oxygens (including phenoxy) is 5. The maximum absolute atomic E-state index is 11.9. The molecule has 3 aliphatic carbocycles. The molecule has 6 heterocycles. The van der Waals surface area contributed by atoms with Crippen molar-refractivity contribution >= 4 is 69.2 Å². The highest BCUT2D eigenvalue weighted by Crippen LogP contribution is 2.27. The number of nitrogens with zero attached hydrogens (tertiary/aromatic N) is 15. The smallest absolute Gasteiger partial charge is 0.407 e. The first-order valence-electron chi connectivity index (χ1n) is 27.1. The fraction of sp³-hybridized carbons (Fsp3) is 0.418. The summed E-state index contributed by atoms with van der Waals surface area (Å²) in [6, 6.07) is 23.8. The molecule has 0 bridgehead atoms. The minimum atomic E-state index is -0.504. The van der Waals surface area contributed by atoms with Gasteiger partial charge in [-0.25, -0.2) is 24.5 Å². The summed E-state index contributed by atoms with van der Waals surface area (Å²) in [4.78, 5) is 48.8. The van der Waals surface area contributed by atoms with Gasteiger partial charge in [0.2, 0.25) is 17.2 Å². The lowest BCUT2D eigenvalue weighted by Crippen LogP contribution is -2.51. The van der Waals surface area contributed by atoms with Gasteiger partial charge in [0.15, 0.2) is 33.5 Å². The van der Waals surface area contributed by atoms with Crippen molar-refractivity contribution in [2.75, 3.05) is 32.0 Å². The molecular weight excluding hydrogens is 1100 g/mol. The van der Waals surface area contributed by atoms with E-state index in [4.69, 9.17) is 46.8 Å². The van der Waals surface area contributed by atoms with E-state index < -0.39 is 17.3 Å². The van der Waals surface area contributed by atoms with Gasteiger partial charge in [-0.15, -0.1) is 15.3 Å². The van der Waals surface area contributed by atoms with Crippen molar-refractivity contribution in [1.29, 1.82) is 0 Å². The van der Waals surface area contributed by atoms with Crippen LogP contribution in [-0.4, -0.2) is 156 Å². The summed E-state index contributed by atoms with van der Waals surface area (Å²) < 4.78 is 30.8. The Morgan fingerprint density at radius 2 is 0.810 bits per heavy atom. The Labute approximate surface area is 488 Å². The molecule has 3 saturated carbocycles. The number of carbonyl (C=O) groups excluding carboxylic acids is 2. The molecule has 0 saturated heterocycles. The van der Waals surface area contributed by atoms with Crippen molar-refractivity contribution in [3.8, 4) is 34.3 Å². The van der Waals surface area contributed by atoms with E-state index in [0.717, 1.165) is 72.8 Å². The van der Waals surface area contributed by atoms with Gasteiger partial charge in [-0.2, -0.15) is 29.0 Å². The summed E-state index contributed by atoms with van der Waals surface area (Å²) in [5, 5.41) is 37.0. The number of anilines is 2. The lowest BCUT2D eigenvalue weighted by atomic mass is 9.87. The third-order valence-corrected chi connectivity index (χ3v) is 13.3. The van der Waals surface area contributed by atoms with Crippen LogP contribution in [0.5, 0.6) is 17.2 Å². The molecule has 12 rings (SSSR count). The van der Waals surface area contributed by atoms with Gasteiger partial charge in [0, 0.05) is 36.3 Å². The summed E-state index contributed by atoms with van der Waals surface area (Å²) >= 11 is 5.77. The number of aromatic nitrogens is 15. The van der Waals surface area contributed by atoms with Crippen LogP contribution in [0.1, 0.15) is 80.1 Å². The van der Waals surface area contributed by atoms with Crippen LogP contribution in [-0.2, 0) is 9.47 Å². The van der Waals surface area contributed by atoms with E-state index >= 15 is 0 Å². The number of fused-ring (bicyclic) bond motifs is 3. The Morgan fingerprint density at radius 1 is 0.488 bits per heavy atom. The SMILES string of the molecule is CC(C)(C)OC(=O)NC1CC(N)C1.COc1ccc(-n2nnc3cnc(Cl)nc32)cc1.COc1ccc(-n2nnc3cnc(NC4CC(N)C4)nc32)cc1.COc1ccc(-n2nnc3cnc(NC4CC(NC(=O)OC(C)(C)C)C4)nc32)cc1. The largest absolute Gasteiger partial charge is 0.497 e. The van der Waals surface area contributed by atoms with Gasteiger partial charge in [0.1, 0.15) is 28.5 Å². The average Bonchev–Trinajstić information content (AvgIpc) is 4.28. The molecule has 0 aliphatic heterocycles. The number of halogens is 1. The van der Waals surface area contributed by atoms with E-state index in [1.807, 2.05) is 114 Å². The monoisotopic (exact) mass is 1170 g/mol. The van der Waals surface area contributed by atoms with E-state index in [2.05, 4.69) is 82.1 Å². The number of methoxy groups -OCH3 is 3. The van der Waals surface area contributed by atoms with E-state index in [1.165, 1.54) is 6.20 Å². The normalized spacial score (nSPS) is 18.8. The standard InChI is InChI=1S/C20H25N7O3.C15H17N7O.C11H8ClN5O.C9H18N2O2/c1-20(2,3)30-19(28)23-13-9-12(10-13)22-18-21-11-16-17(24-18)27(26-25-16)14-5-7-15(29-4)8-6-14;1-23-12-4-2-11(3-5-12)22-14-13(20-21-22)8-17-15(19-14)18-10-6-9(16)7-10;1-18-8-4-2-7(3-5-8)17-10-9(15-16-17)6-13-11(12)14-10;1-9(2,3)13-8(12)11-7-4-6(10)5-7/h5-8,11-13H,9-10H2,1-4H3,(H,23,28)(H,21,22,24);2-5,8-10H,6-7,16H2,1H3,(H,17,18,19);2-6H,1H3;6-7H,4-5,10H2,1-3H3,(H,11,12). The van der Waals surface area contributed by atoms with Crippen molar-refractivity contribution in [2.24, 2.45) is 11.5 Å². The molecule has 28 nitrogen and oxygen atoms in total. The molecule has 3 aromatic carbocycles. The van der Waals surface area contributed by atoms with Crippen LogP contribution < -0.4 is 46.9 Å². The third kappa shape index (κ3) is 15.7. The zero-order chi connectivity index (χ0) is 59.7. The maximum Gasteiger partial charge on any atom is 0.407 e. The lowest BCUT2D eigenvalue weighted by Gasteiger charge is -2.36.